The summed E-state index contributed by atoms with van der Waals surface area (Å²) in [5.74, 6) is 0.186. The molecule has 0 radical (unpaired) electrons. The van der Waals surface area contributed by atoms with Crippen LogP contribution in [0, 0.1) is 0 Å². The van der Waals surface area contributed by atoms with Crippen LogP contribution in [0.3, 0.4) is 0 Å². The molecule has 6 nitrogen and oxygen atoms in total. The summed E-state index contributed by atoms with van der Waals surface area (Å²) in [5, 5.41) is 0. The number of nitrogens with two attached hydrogens (primary N) is 1. The molecule has 0 spiro atoms. The highest BCUT2D eigenvalue weighted by Gasteiger charge is 2.25. The van der Waals surface area contributed by atoms with E-state index < -0.39 is 5.97 Å². The van der Waals surface area contributed by atoms with Gasteiger partial charge in [0, 0.05) is 13.7 Å². The molecule has 19 heavy (non-hydrogen) atoms. The minimum atomic E-state index is -0.400. The highest BCUT2D eigenvalue weighted by Crippen LogP contribution is 2.24. The normalized spacial score (nSPS) is 18.3. The second-order valence-electron chi connectivity index (χ2n) is 4.49. The van der Waals surface area contributed by atoms with Crippen molar-refractivity contribution in [3.8, 4) is 0 Å². The largest absolute Gasteiger partial charge is 0.462 e. The summed E-state index contributed by atoms with van der Waals surface area (Å²) in [7, 11) is 1.90. The van der Waals surface area contributed by atoms with Gasteiger partial charge < -0.3 is 20.1 Å². The summed E-state index contributed by atoms with van der Waals surface area (Å²) < 4.78 is 10.4. The third kappa shape index (κ3) is 2.96. The van der Waals surface area contributed by atoms with Crippen molar-refractivity contribution >= 4 is 17.5 Å². The molecule has 0 bridgehead atoms. The van der Waals surface area contributed by atoms with Gasteiger partial charge in [0.05, 0.1) is 31.1 Å². The molecule has 1 aliphatic rings. The van der Waals surface area contributed by atoms with E-state index in [1.165, 1.54) is 0 Å². The van der Waals surface area contributed by atoms with E-state index in [9.17, 15) is 4.79 Å². The smallest absolute Gasteiger partial charge is 0.341 e. The van der Waals surface area contributed by atoms with Crippen molar-refractivity contribution in [2.24, 2.45) is 0 Å². The van der Waals surface area contributed by atoms with Crippen LogP contribution < -0.4 is 10.6 Å². The van der Waals surface area contributed by atoms with E-state index in [4.69, 9.17) is 15.2 Å². The SMILES string of the molecule is CCOC(=O)c1cc(N)cnc1N(C)C1CCOC1. The minimum Gasteiger partial charge on any atom is -0.462 e. The number of likely N-dealkylation sites (N-methyl/N-ethyl adjacent to an activating group) is 1. The monoisotopic (exact) mass is 265 g/mol. The first-order chi connectivity index (χ1) is 9.13. The van der Waals surface area contributed by atoms with Gasteiger partial charge >= 0.3 is 5.97 Å². The van der Waals surface area contributed by atoms with Crippen LogP contribution in [0.25, 0.3) is 0 Å². The zero-order valence-electron chi connectivity index (χ0n) is 11.3. The fraction of sp³-hybridized carbons (Fsp3) is 0.538. The highest BCUT2D eigenvalue weighted by atomic mass is 16.5. The lowest BCUT2D eigenvalue weighted by atomic mass is 10.2. The highest BCUT2D eigenvalue weighted by molar-refractivity contribution is 5.95. The molecule has 0 aromatic carbocycles. The van der Waals surface area contributed by atoms with E-state index in [-0.39, 0.29) is 6.04 Å². The Labute approximate surface area is 112 Å². The van der Waals surface area contributed by atoms with Gasteiger partial charge in [-0.1, -0.05) is 0 Å². The van der Waals surface area contributed by atoms with Crippen molar-refractivity contribution in [1.29, 1.82) is 0 Å². The Hall–Kier alpha value is -1.82. The summed E-state index contributed by atoms with van der Waals surface area (Å²) in [5.41, 5.74) is 6.55. The molecule has 6 heteroatoms. The summed E-state index contributed by atoms with van der Waals surface area (Å²) in [6.45, 7) is 3.47. The molecule has 1 fully saturated rings. The van der Waals surface area contributed by atoms with Gasteiger partial charge in [0.25, 0.3) is 0 Å². The van der Waals surface area contributed by atoms with Gasteiger partial charge in [-0.3, -0.25) is 0 Å². The average Bonchev–Trinajstić information content (AvgIpc) is 2.92. The molecule has 1 atom stereocenters. The Bertz CT molecular complexity index is 458. The van der Waals surface area contributed by atoms with Gasteiger partial charge in [0.2, 0.25) is 0 Å². The van der Waals surface area contributed by atoms with E-state index >= 15 is 0 Å². The number of hydrogen-bond donors (Lipinski definition) is 1. The Balaban J connectivity index is 2.30. The van der Waals surface area contributed by atoms with Crippen LogP contribution >= 0.6 is 0 Å². The number of nitrogens with zero attached hydrogens (tertiary/aromatic N) is 2. The van der Waals surface area contributed by atoms with Gasteiger partial charge in [-0.2, -0.15) is 0 Å². The Morgan fingerprint density at radius 2 is 2.47 bits per heavy atom. The number of pyridine rings is 1. The maximum absolute atomic E-state index is 12.0. The van der Waals surface area contributed by atoms with Gasteiger partial charge in [0.15, 0.2) is 0 Å². The first-order valence-electron chi connectivity index (χ1n) is 6.36. The van der Waals surface area contributed by atoms with Crippen molar-refractivity contribution in [3.63, 3.8) is 0 Å². The van der Waals surface area contributed by atoms with Gasteiger partial charge in [-0.15, -0.1) is 0 Å². The van der Waals surface area contributed by atoms with Gasteiger partial charge in [-0.05, 0) is 19.4 Å². The molecule has 1 unspecified atom stereocenters. The molecule has 2 heterocycles. The standard InChI is InChI=1S/C13H19N3O3/c1-3-19-13(17)11-6-9(14)7-15-12(11)16(2)10-4-5-18-8-10/h6-7,10H,3-5,8,14H2,1-2H3. The first kappa shape index (κ1) is 13.6. The van der Waals surface area contributed by atoms with E-state index in [1.54, 1.807) is 19.2 Å². The lowest BCUT2D eigenvalue weighted by Gasteiger charge is -2.26. The Morgan fingerprint density at radius 1 is 1.68 bits per heavy atom. The maximum Gasteiger partial charge on any atom is 0.341 e. The number of ether oxygens (including phenoxy) is 2. The van der Waals surface area contributed by atoms with Crippen LogP contribution in [0.5, 0.6) is 0 Å². The number of esters is 1. The zero-order valence-corrected chi connectivity index (χ0v) is 11.3. The van der Waals surface area contributed by atoms with Crippen molar-refractivity contribution in [3.05, 3.63) is 17.8 Å². The average molecular weight is 265 g/mol. The third-order valence-corrected chi connectivity index (χ3v) is 3.17. The molecule has 2 rings (SSSR count). The van der Waals surface area contributed by atoms with Crippen LogP contribution in [0.2, 0.25) is 0 Å². The van der Waals surface area contributed by atoms with Crippen LogP contribution in [-0.4, -0.2) is 43.9 Å². The molecule has 1 aromatic heterocycles. The van der Waals surface area contributed by atoms with Crippen LogP contribution in [0.15, 0.2) is 12.3 Å². The molecular weight excluding hydrogens is 246 g/mol. The second-order valence-corrected chi connectivity index (χ2v) is 4.49. The Morgan fingerprint density at radius 3 is 3.11 bits per heavy atom. The number of hydrogen-bond acceptors (Lipinski definition) is 6. The van der Waals surface area contributed by atoms with Gasteiger partial charge in [0.1, 0.15) is 11.4 Å². The lowest BCUT2D eigenvalue weighted by Crippen LogP contribution is -2.34. The van der Waals surface area contributed by atoms with E-state index in [1.807, 2.05) is 11.9 Å². The number of aromatic nitrogens is 1. The van der Waals surface area contributed by atoms with Crippen LogP contribution in [0.4, 0.5) is 11.5 Å². The van der Waals surface area contributed by atoms with Crippen molar-refractivity contribution in [1.82, 2.24) is 4.98 Å². The summed E-state index contributed by atoms with van der Waals surface area (Å²) >= 11 is 0. The van der Waals surface area contributed by atoms with E-state index in [2.05, 4.69) is 4.98 Å². The number of carbonyl (C=O) groups is 1. The molecule has 1 aliphatic heterocycles. The van der Waals surface area contributed by atoms with Crippen molar-refractivity contribution in [2.75, 3.05) is 37.5 Å². The number of nitrogen functional groups attached to an aromatic ring is 1. The van der Waals surface area contributed by atoms with Crippen molar-refractivity contribution < 1.29 is 14.3 Å². The minimum absolute atomic E-state index is 0.226. The van der Waals surface area contributed by atoms with Crippen LogP contribution in [-0.2, 0) is 9.47 Å². The summed E-state index contributed by atoms with van der Waals surface area (Å²) in [4.78, 5) is 18.2. The first-order valence-corrected chi connectivity index (χ1v) is 6.36. The predicted molar refractivity (Wildman–Crippen MR) is 72.2 cm³/mol. The molecule has 0 amide bonds. The number of rotatable bonds is 4. The fourth-order valence-electron chi connectivity index (χ4n) is 2.11. The van der Waals surface area contributed by atoms with E-state index in [0.717, 1.165) is 13.0 Å². The zero-order chi connectivity index (χ0) is 13.8. The lowest BCUT2D eigenvalue weighted by molar-refractivity contribution is 0.0526. The quantitative estimate of drug-likeness (QED) is 0.820. The van der Waals surface area contributed by atoms with Crippen LogP contribution in [0.1, 0.15) is 23.7 Å². The fourth-order valence-corrected chi connectivity index (χ4v) is 2.11. The third-order valence-electron chi connectivity index (χ3n) is 3.17. The molecular formula is C13H19N3O3. The number of anilines is 2. The predicted octanol–water partition coefficient (Wildman–Crippen LogP) is 1.07. The van der Waals surface area contributed by atoms with E-state index in [0.29, 0.717) is 30.3 Å². The molecule has 1 aromatic rings. The maximum atomic E-state index is 12.0. The number of carbonyl (C=O) groups excluding carboxylic acids is 1. The topological polar surface area (TPSA) is 77.7 Å². The molecule has 2 N–H and O–H groups in total. The molecule has 1 saturated heterocycles. The molecule has 104 valence electrons. The molecule has 0 aliphatic carbocycles. The summed E-state index contributed by atoms with van der Waals surface area (Å²) in [6, 6.07) is 1.83. The Kier molecular flexibility index (Phi) is 4.21. The van der Waals surface area contributed by atoms with Gasteiger partial charge in [-0.25, -0.2) is 9.78 Å². The summed E-state index contributed by atoms with van der Waals surface area (Å²) in [6.07, 6.45) is 2.47. The second kappa shape index (κ2) is 5.88. The van der Waals surface area contributed by atoms with Crippen molar-refractivity contribution in [2.45, 2.75) is 19.4 Å². The molecule has 0 saturated carbocycles.